The molecule has 2 aliphatic rings. The van der Waals surface area contributed by atoms with Gasteiger partial charge in [-0.3, -0.25) is 19.3 Å². The number of benzene rings is 2. The maximum absolute atomic E-state index is 14.3. The molecule has 5 atom stereocenters. The molecule has 55 heavy (non-hydrogen) atoms. The SMILES string of the molecule is Cc1ncsc1-c1ccc(C(C)NC(=O)[C@@H]2C[C@@H](O)CN2C(=O)C(NC(=O)C(C)N2CCN(c3cc(-c4ccccc4O)nnc3N)CC2)C(C)(C)C)cc1. The lowest BCUT2D eigenvalue weighted by molar-refractivity contribution is -0.144. The number of carbonyl (C=O) groups excluding carboxylic acids is 3. The number of aromatic hydroxyl groups is 1. The summed E-state index contributed by atoms with van der Waals surface area (Å²) in [6.45, 7) is 13.5. The van der Waals surface area contributed by atoms with E-state index in [1.54, 1.807) is 29.5 Å². The van der Waals surface area contributed by atoms with E-state index in [1.807, 2.05) is 88.4 Å². The first-order valence-electron chi connectivity index (χ1n) is 18.6. The third-order valence-electron chi connectivity index (χ3n) is 10.6. The van der Waals surface area contributed by atoms with E-state index in [2.05, 4.69) is 30.7 Å². The van der Waals surface area contributed by atoms with Gasteiger partial charge < -0.3 is 36.4 Å². The van der Waals surface area contributed by atoms with Gasteiger partial charge in [0, 0.05) is 44.7 Å². The lowest BCUT2D eigenvalue weighted by Crippen LogP contribution is -2.61. The molecule has 6 rings (SSSR count). The fourth-order valence-electron chi connectivity index (χ4n) is 7.26. The number of aliphatic hydroxyl groups excluding tert-OH is 1. The number of nitrogens with one attached hydrogen (secondary N) is 2. The first-order valence-corrected chi connectivity index (χ1v) is 19.5. The molecule has 0 spiro atoms. The van der Waals surface area contributed by atoms with Crippen molar-refractivity contribution in [2.45, 2.75) is 78.2 Å². The molecule has 2 aromatic carbocycles. The number of anilines is 2. The molecule has 2 aliphatic heterocycles. The molecular formula is C40H51N9O5S. The number of carbonyl (C=O) groups is 3. The Hall–Kier alpha value is -5.12. The molecule has 0 saturated carbocycles. The van der Waals surface area contributed by atoms with Crippen LogP contribution in [0.4, 0.5) is 11.5 Å². The number of hydrogen-bond donors (Lipinski definition) is 5. The Morgan fingerprint density at radius 1 is 0.982 bits per heavy atom. The van der Waals surface area contributed by atoms with Gasteiger partial charge in [-0.25, -0.2) is 4.98 Å². The molecule has 2 saturated heterocycles. The van der Waals surface area contributed by atoms with Crippen LogP contribution in [0.5, 0.6) is 5.75 Å². The Kier molecular flexibility index (Phi) is 11.7. The number of para-hydroxylation sites is 1. The van der Waals surface area contributed by atoms with Crippen molar-refractivity contribution in [2.24, 2.45) is 5.41 Å². The van der Waals surface area contributed by atoms with E-state index in [9.17, 15) is 24.6 Å². The number of aromatic nitrogens is 3. The van der Waals surface area contributed by atoms with Crippen molar-refractivity contribution in [3.63, 3.8) is 0 Å². The third-order valence-corrected chi connectivity index (χ3v) is 11.6. The van der Waals surface area contributed by atoms with Gasteiger partial charge in [0.2, 0.25) is 17.7 Å². The smallest absolute Gasteiger partial charge is 0.246 e. The van der Waals surface area contributed by atoms with Crippen molar-refractivity contribution in [3.8, 4) is 27.4 Å². The van der Waals surface area contributed by atoms with Crippen LogP contribution < -0.4 is 21.3 Å². The number of phenols is 1. The van der Waals surface area contributed by atoms with E-state index in [1.165, 1.54) is 4.90 Å². The number of thiazole rings is 1. The van der Waals surface area contributed by atoms with Gasteiger partial charge in [-0.2, -0.15) is 0 Å². The molecule has 6 N–H and O–H groups in total. The summed E-state index contributed by atoms with van der Waals surface area (Å²) in [5, 5.41) is 35.4. The van der Waals surface area contributed by atoms with Crippen LogP contribution in [-0.2, 0) is 14.4 Å². The summed E-state index contributed by atoms with van der Waals surface area (Å²) in [7, 11) is 0. The summed E-state index contributed by atoms with van der Waals surface area (Å²) < 4.78 is 0. The maximum atomic E-state index is 14.3. The van der Waals surface area contributed by atoms with Crippen molar-refractivity contribution in [2.75, 3.05) is 43.4 Å². The highest BCUT2D eigenvalue weighted by molar-refractivity contribution is 7.13. The third kappa shape index (κ3) is 8.74. The number of aryl methyl sites for hydroxylation is 1. The minimum Gasteiger partial charge on any atom is -0.507 e. The van der Waals surface area contributed by atoms with Crippen LogP contribution >= 0.6 is 11.3 Å². The average molecular weight is 770 g/mol. The Morgan fingerprint density at radius 3 is 2.31 bits per heavy atom. The van der Waals surface area contributed by atoms with Gasteiger partial charge in [-0.1, -0.05) is 57.2 Å². The number of nitrogens with zero attached hydrogens (tertiary/aromatic N) is 6. The molecule has 15 heteroatoms. The van der Waals surface area contributed by atoms with Gasteiger partial charge in [0.25, 0.3) is 0 Å². The maximum Gasteiger partial charge on any atom is 0.246 e. The topological polar surface area (TPSA) is 190 Å². The largest absolute Gasteiger partial charge is 0.507 e. The molecule has 3 unspecified atom stereocenters. The number of aliphatic hydroxyl groups is 1. The summed E-state index contributed by atoms with van der Waals surface area (Å²) in [5.74, 6) is -0.705. The molecule has 0 bridgehead atoms. The molecule has 4 aromatic rings. The van der Waals surface area contributed by atoms with E-state index in [0.29, 0.717) is 43.1 Å². The molecule has 4 heterocycles. The lowest BCUT2D eigenvalue weighted by Gasteiger charge is -2.40. The van der Waals surface area contributed by atoms with Crippen molar-refractivity contribution >= 4 is 40.6 Å². The zero-order valence-corrected chi connectivity index (χ0v) is 33.0. The van der Waals surface area contributed by atoms with Crippen molar-refractivity contribution < 1.29 is 24.6 Å². The van der Waals surface area contributed by atoms with E-state index < -0.39 is 35.6 Å². The highest BCUT2D eigenvalue weighted by Gasteiger charge is 2.45. The van der Waals surface area contributed by atoms with Crippen molar-refractivity contribution in [1.29, 1.82) is 0 Å². The number of rotatable bonds is 10. The zero-order chi connectivity index (χ0) is 39.6. The minimum atomic E-state index is -0.944. The Morgan fingerprint density at radius 2 is 1.67 bits per heavy atom. The summed E-state index contributed by atoms with van der Waals surface area (Å²) in [6, 6.07) is 13.9. The molecule has 14 nitrogen and oxygen atoms in total. The zero-order valence-electron chi connectivity index (χ0n) is 32.2. The minimum absolute atomic E-state index is 0.00718. The number of piperazine rings is 1. The number of phenolic OH excluding ortho intramolecular Hbond substituents is 1. The van der Waals surface area contributed by atoms with Crippen LogP contribution in [0.15, 0.2) is 60.1 Å². The fraction of sp³-hybridized carbons (Fsp3) is 0.450. The van der Waals surface area contributed by atoms with Crippen LogP contribution in [0, 0.1) is 12.3 Å². The van der Waals surface area contributed by atoms with Crippen LogP contribution in [0.1, 0.15) is 58.3 Å². The number of β-amino-alcohol motifs (C(OH)–C–C–N with tert-alkyl or cyclic N) is 1. The fourth-order valence-corrected chi connectivity index (χ4v) is 8.07. The highest BCUT2D eigenvalue weighted by Crippen LogP contribution is 2.33. The van der Waals surface area contributed by atoms with Crippen LogP contribution in [-0.4, -0.2) is 110 Å². The second-order valence-corrected chi connectivity index (χ2v) is 16.4. The van der Waals surface area contributed by atoms with E-state index in [0.717, 1.165) is 21.7 Å². The second-order valence-electron chi connectivity index (χ2n) is 15.5. The Labute approximate surface area is 325 Å². The normalized spacial score (nSPS) is 19.5. The van der Waals surface area contributed by atoms with Crippen molar-refractivity contribution in [1.82, 2.24) is 35.6 Å². The molecule has 0 radical (unpaired) electrons. The van der Waals surface area contributed by atoms with Crippen LogP contribution in [0.2, 0.25) is 0 Å². The quantitative estimate of drug-likeness (QED) is 0.158. The number of nitrogens with two attached hydrogens (primary N) is 1. The number of likely N-dealkylation sites (tertiary alicyclic amines) is 1. The van der Waals surface area contributed by atoms with E-state index in [4.69, 9.17) is 5.73 Å². The molecule has 2 fully saturated rings. The van der Waals surface area contributed by atoms with Gasteiger partial charge in [0.05, 0.1) is 45.7 Å². The van der Waals surface area contributed by atoms with E-state index >= 15 is 0 Å². The van der Waals surface area contributed by atoms with Gasteiger partial charge >= 0.3 is 0 Å². The van der Waals surface area contributed by atoms with Gasteiger partial charge in [-0.15, -0.1) is 21.5 Å². The van der Waals surface area contributed by atoms with Gasteiger partial charge in [0.1, 0.15) is 17.8 Å². The first kappa shape index (κ1) is 39.6. The highest BCUT2D eigenvalue weighted by atomic mass is 32.1. The molecule has 2 aromatic heterocycles. The standard InChI is InChI=1S/C40H51N9O5S/c1-23(26-11-13-27(14-12-26)34-24(2)42-22-55-34)43-38(53)32-19-28(50)21-49(32)39(54)35(40(4,5)6)44-37(52)25(3)47-15-17-48(18-16-47)31-20-30(45-46-36(31)41)29-9-7-8-10-33(29)51/h7-14,20,22-23,25,28,32,35,50-51H,15-19,21H2,1-6H3,(H2,41,46)(H,43,53)(H,44,52)/t23?,25?,28-,32+,35?/m1/s1. The summed E-state index contributed by atoms with van der Waals surface area (Å²) >= 11 is 1.58. The Bertz CT molecular complexity index is 2010. The monoisotopic (exact) mass is 769 g/mol. The average Bonchev–Trinajstić information content (AvgIpc) is 3.78. The van der Waals surface area contributed by atoms with Gasteiger partial charge in [0.15, 0.2) is 5.82 Å². The molecule has 292 valence electrons. The molecule has 3 amide bonds. The predicted molar refractivity (Wildman–Crippen MR) is 213 cm³/mol. The van der Waals surface area contributed by atoms with Crippen molar-refractivity contribution in [3.05, 3.63) is 71.4 Å². The number of hydrogen-bond acceptors (Lipinski definition) is 12. The molecular weight excluding hydrogens is 719 g/mol. The van der Waals surface area contributed by atoms with Crippen LogP contribution in [0.25, 0.3) is 21.7 Å². The van der Waals surface area contributed by atoms with Crippen LogP contribution in [0.3, 0.4) is 0 Å². The van der Waals surface area contributed by atoms with Gasteiger partial charge in [-0.05, 0) is 55.5 Å². The number of nitrogen functional groups attached to an aromatic ring is 1. The summed E-state index contributed by atoms with van der Waals surface area (Å²) in [5.41, 5.74) is 12.0. The lowest BCUT2D eigenvalue weighted by atomic mass is 9.85. The second kappa shape index (κ2) is 16.3. The summed E-state index contributed by atoms with van der Waals surface area (Å²) in [4.78, 5) is 52.8. The number of amides is 3. The molecule has 0 aliphatic carbocycles. The van der Waals surface area contributed by atoms with E-state index in [-0.39, 0.29) is 42.4 Å². The first-order chi connectivity index (χ1) is 26.1. The Balaban J connectivity index is 1.08. The predicted octanol–water partition coefficient (Wildman–Crippen LogP) is 3.74. The summed E-state index contributed by atoms with van der Waals surface area (Å²) in [6.07, 6.45) is -0.771.